The number of aromatic amines is 1. The number of aryl methyl sites for hydroxylation is 1. The lowest BCUT2D eigenvalue weighted by molar-refractivity contribution is -0.384. The van der Waals surface area contributed by atoms with Crippen LogP contribution < -0.4 is 15.4 Å². The van der Waals surface area contributed by atoms with E-state index in [0.29, 0.717) is 24.3 Å². The van der Waals surface area contributed by atoms with E-state index in [1.165, 1.54) is 29.2 Å². The van der Waals surface area contributed by atoms with E-state index in [1.54, 1.807) is 6.07 Å². The van der Waals surface area contributed by atoms with Gasteiger partial charge in [0.05, 0.1) is 22.2 Å². The Hall–Kier alpha value is -3.42. The quantitative estimate of drug-likeness (QED) is 0.555. The molecular weight excluding hydrogens is 358 g/mol. The lowest BCUT2D eigenvalue weighted by atomic mass is 10.1. The lowest BCUT2D eigenvalue weighted by Crippen LogP contribution is -2.47. The van der Waals surface area contributed by atoms with Crippen LogP contribution in [-0.4, -0.2) is 41.1 Å². The summed E-state index contributed by atoms with van der Waals surface area (Å²) in [5, 5.41) is 11.9. The van der Waals surface area contributed by atoms with Gasteiger partial charge in [0, 0.05) is 37.9 Å². The number of nitro benzene ring substituents is 1. The standard InChI is InChI=1S/C20H21N5O3/c1-13-4-3-5-17(14(13)2)23-6-8-24(9-7-23)18-11-16-15(10-19(18)25(27)28)20(26)22-12-21-16/h3-5,10-12H,6-9H2,1-2H3,(H,21,22,26). The van der Waals surface area contributed by atoms with E-state index in [2.05, 4.69) is 46.9 Å². The van der Waals surface area contributed by atoms with E-state index in [1.807, 2.05) is 4.90 Å². The number of hydrogen-bond acceptors (Lipinski definition) is 6. The first-order valence-electron chi connectivity index (χ1n) is 9.17. The molecular formula is C20H21N5O3. The molecule has 3 aromatic rings. The second-order valence-electron chi connectivity index (χ2n) is 7.04. The first kappa shape index (κ1) is 18.0. The summed E-state index contributed by atoms with van der Waals surface area (Å²) in [4.78, 5) is 34.1. The minimum Gasteiger partial charge on any atom is -0.368 e. The molecule has 1 saturated heterocycles. The number of aromatic nitrogens is 2. The van der Waals surface area contributed by atoms with Crippen LogP contribution in [0.1, 0.15) is 11.1 Å². The van der Waals surface area contributed by atoms with Gasteiger partial charge >= 0.3 is 0 Å². The molecule has 1 fully saturated rings. The summed E-state index contributed by atoms with van der Waals surface area (Å²) in [6.45, 7) is 7.06. The molecule has 0 saturated carbocycles. The van der Waals surface area contributed by atoms with Gasteiger partial charge in [-0.15, -0.1) is 0 Å². The number of rotatable bonds is 3. The zero-order chi connectivity index (χ0) is 19.8. The van der Waals surface area contributed by atoms with Crippen molar-refractivity contribution in [2.75, 3.05) is 36.0 Å². The van der Waals surface area contributed by atoms with Crippen LogP contribution in [0.15, 0.2) is 41.5 Å². The zero-order valence-corrected chi connectivity index (χ0v) is 15.8. The minimum absolute atomic E-state index is 0.0637. The third kappa shape index (κ3) is 3.06. The highest BCUT2D eigenvalue weighted by atomic mass is 16.6. The van der Waals surface area contributed by atoms with Crippen LogP contribution >= 0.6 is 0 Å². The van der Waals surface area contributed by atoms with Crippen molar-refractivity contribution in [3.8, 4) is 0 Å². The van der Waals surface area contributed by atoms with Crippen LogP contribution in [0.2, 0.25) is 0 Å². The second-order valence-corrected chi connectivity index (χ2v) is 7.04. The molecule has 1 aliphatic heterocycles. The second kappa shape index (κ2) is 6.95. The number of fused-ring (bicyclic) bond motifs is 1. The predicted molar refractivity (Wildman–Crippen MR) is 109 cm³/mol. The number of piperazine rings is 1. The Kier molecular flexibility index (Phi) is 4.46. The van der Waals surface area contributed by atoms with E-state index in [-0.39, 0.29) is 16.6 Å². The van der Waals surface area contributed by atoms with Crippen molar-refractivity contribution in [2.45, 2.75) is 13.8 Å². The fraction of sp³-hybridized carbons (Fsp3) is 0.300. The summed E-state index contributed by atoms with van der Waals surface area (Å²) in [7, 11) is 0. The highest BCUT2D eigenvalue weighted by Gasteiger charge is 2.26. The number of nitrogens with one attached hydrogen (secondary N) is 1. The maximum absolute atomic E-state index is 12.0. The van der Waals surface area contributed by atoms with Gasteiger partial charge in [0.1, 0.15) is 5.69 Å². The summed E-state index contributed by atoms with van der Waals surface area (Å²) in [6, 6.07) is 9.25. The third-order valence-electron chi connectivity index (χ3n) is 5.47. The van der Waals surface area contributed by atoms with Crippen LogP contribution in [0.4, 0.5) is 17.1 Å². The molecule has 1 N–H and O–H groups in total. The van der Waals surface area contributed by atoms with Gasteiger partial charge in [0.2, 0.25) is 0 Å². The molecule has 8 nitrogen and oxygen atoms in total. The summed E-state index contributed by atoms with van der Waals surface area (Å²) in [6.07, 6.45) is 1.32. The largest absolute Gasteiger partial charge is 0.368 e. The molecule has 4 rings (SSSR count). The zero-order valence-electron chi connectivity index (χ0n) is 15.8. The van der Waals surface area contributed by atoms with Gasteiger partial charge in [0.25, 0.3) is 11.2 Å². The van der Waals surface area contributed by atoms with Crippen LogP contribution in [-0.2, 0) is 0 Å². The summed E-state index contributed by atoms with van der Waals surface area (Å²) in [5.74, 6) is 0. The van der Waals surface area contributed by atoms with Gasteiger partial charge in [-0.25, -0.2) is 4.98 Å². The Balaban J connectivity index is 1.65. The maximum Gasteiger partial charge on any atom is 0.293 e. The summed E-state index contributed by atoms with van der Waals surface area (Å²) in [5.41, 5.74) is 4.25. The van der Waals surface area contributed by atoms with Crippen LogP contribution in [0.25, 0.3) is 10.9 Å². The molecule has 0 amide bonds. The molecule has 0 bridgehead atoms. The van der Waals surface area contributed by atoms with E-state index in [0.717, 1.165) is 13.1 Å². The van der Waals surface area contributed by atoms with E-state index < -0.39 is 4.92 Å². The van der Waals surface area contributed by atoms with E-state index in [9.17, 15) is 14.9 Å². The molecule has 0 aliphatic carbocycles. The molecule has 2 aromatic carbocycles. The van der Waals surface area contributed by atoms with Gasteiger partial charge in [-0.1, -0.05) is 12.1 Å². The number of nitro groups is 1. The molecule has 0 atom stereocenters. The SMILES string of the molecule is Cc1cccc(N2CCN(c3cc4nc[nH]c(=O)c4cc3[N+](=O)[O-])CC2)c1C. The summed E-state index contributed by atoms with van der Waals surface area (Å²) < 4.78 is 0. The predicted octanol–water partition coefficient (Wildman–Crippen LogP) is 2.77. The van der Waals surface area contributed by atoms with Gasteiger partial charge in [-0.2, -0.15) is 0 Å². The molecule has 28 heavy (non-hydrogen) atoms. The van der Waals surface area contributed by atoms with E-state index >= 15 is 0 Å². The van der Waals surface area contributed by atoms with Crippen LogP contribution in [0.5, 0.6) is 0 Å². The highest BCUT2D eigenvalue weighted by molar-refractivity contribution is 5.87. The van der Waals surface area contributed by atoms with Crippen molar-refractivity contribution in [1.29, 1.82) is 0 Å². The van der Waals surface area contributed by atoms with Crippen molar-refractivity contribution >= 4 is 28.0 Å². The monoisotopic (exact) mass is 379 g/mol. The van der Waals surface area contributed by atoms with E-state index in [4.69, 9.17) is 0 Å². The first-order chi connectivity index (χ1) is 13.5. The number of benzene rings is 2. The van der Waals surface area contributed by atoms with Crippen LogP contribution in [0, 0.1) is 24.0 Å². The third-order valence-corrected chi connectivity index (χ3v) is 5.47. The topological polar surface area (TPSA) is 95.4 Å². The van der Waals surface area contributed by atoms with Gasteiger partial charge < -0.3 is 14.8 Å². The molecule has 1 aromatic heterocycles. The Bertz CT molecular complexity index is 1120. The number of anilines is 2. The smallest absolute Gasteiger partial charge is 0.293 e. The van der Waals surface area contributed by atoms with Gasteiger partial charge in [-0.05, 0) is 37.1 Å². The average Bonchev–Trinajstić information content (AvgIpc) is 2.69. The highest BCUT2D eigenvalue weighted by Crippen LogP contribution is 2.33. The molecule has 0 radical (unpaired) electrons. The van der Waals surface area contributed by atoms with Crippen molar-refractivity contribution in [3.05, 3.63) is 68.3 Å². The molecule has 1 aliphatic rings. The number of hydrogen-bond donors (Lipinski definition) is 1. The Morgan fingerprint density at radius 2 is 1.75 bits per heavy atom. The maximum atomic E-state index is 12.0. The summed E-state index contributed by atoms with van der Waals surface area (Å²) >= 11 is 0. The van der Waals surface area contributed by atoms with Crippen molar-refractivity contribution in [2.24, 2.45) is 0 Å². The fourth-order valence-electron chi connectivity index (χ4n) is 3.76. The first-order valence-corrected chi connectivity index (χ1v) is 9.17. The normalized spacial score (nSPS) is 14.5. The number of nitrogens with zero attached hydrogens (tertiary/aromatic N) is 4. The van der Waals surface area contributed by atoms with Crippen LogP contribution in [0.3, 0.4) is 0 Å². The molecule has 2 heterocycles. The molecule has 0 unspecified atom stereocenters. The van der Waals surface area contributed by atoms with Gasteiger partial charge in [0.15, 0.2) is 0 Å². The minimum atomic E-state index is -0.432. The molecule has 144 valence electrons. The van der Waals surface area contributed by atoms with Gasteiger partial charge in [-0.3, -0.25) is 14.9 Å². The lowest BCUT2D eigenvalue weighted by Gasteiger charge is -2.38. The average molecular weight is 379 g/mol. The Morgan fingerprint density at radius 3 is 2.43 bits per heavy atom. The Morgan fingerprint density at radius 1 is 1.07 bits per heavy atom. The fourth-order valence-corrected chi connectivity index (χ4v) is 3.76. The Labute approximate surface area is 161 Å². The number of H-pyrrole nitrogens is 1. The van der Waals surface area contributed by atoms with Crippen molar-refractivity contribution in [1.82, 2.24) is 9.97 Å². The van der Waals surface area contributed by atoms with Crippen molar-refractivity contribution < 1.29 is 4.92 Å². The van der Waals surface area contributed by atoms with Crippen molar-refractivity contribution in [3.63, 3.8) is 0 Å². The molecule has 8 heteroatoms. The molecule has 0 spiro atoms.